The summed E-state index contributed by atoms with van der Waals surface area (Å²) in [5.74, 6) is 2.85. The van der Waals surface area contributed by atoms with Gasteiger partial charge in [0.15, 0.2) is 6.17 Å². The van der Waals surface area contributed by atoms with Gasteiger partial charge in [-0.25, -0.2) is 10.6 Å². The lowest BCUT2D eigenvalue weighted by Gasteiger charge is -2.44. The Morgan fingerprint density at radius 1 is 0.854 bits per heavy atom. The fraction of sp³-hybridized carbons (Fsp3) is 0.409. The largest absolute Gasteiger partial charge is 0.456 e. The number of para-hydroxylation sites is 1. The highest BCUT2D eigenvalue weighted by Crippen LogP contribution is 2.56. The van der Waals surface area contributed by atoms with Crippen LogP contribution in [-0.2, 0) is 5.41 Å². The number of nitrogens with two attached hydrogens (primary N) is 1. The predicted octanol–water partition coefficient (Wildman–Crippen LogP) is 8.54. The molecular formula is C44H48N3O+. The zero-order valence-electron chi connectivity index (χ0n) is 28.3. The molecule has 6 aliphatic rings. The number of rotatable bonds is 3. The molecule has 1 aliphatic heterocycles. The molecule has 8 atom stereocenters. The van der Waals surface area contributed by atoms with E-state index in [1.165, 1.54) is 47.6 Å². The Kier molecular flexibility index (Phi) is 6.80. The summed E-state index contributed by atoms with van der Waals surface area (Å²) in [4.78, 5) is 0. The van der Waals surface area contributed by atoms with Gasteiger partial charge in [0.1, 0.15) is 17.3 Å². The van der Waals surface area contributed by atoms with Gasteiger partial charge in [-0.3, -0.25) is 0 Å². The van der Waals surface area contributed by atoms with E-state index in [2.05, 4.69) is 127 Å². The van der Waals surface area contributed by atoms with Crippen LogP contribution in [-0.4, -0.2) is 18.5 Å². The van der Waals surface area contributed by atoms with Crippen molar-refractivity contribution in [1.82, 2.24) is 10.6 Å². The Morgan fingerprint density at radius 2 is 1.75 bits per heavy atom. The summed E-state index contributed by atoms with van der Waals surface area (Å²) in [6, 6.07) is 22.3. The third-order valence-corrected chi connectivity index (χ3v) is 13.4. The molecule has 3 aromatic carbocycles. The Labute approximate surface area is 284 Å². The molecule has 0 spiro atoms. The molecule has 0 radical (unpaired) electrons. The average Bonchev–Trinajstić information content (AvgIpc) is 3.63. The Balaban J connectivity index is 0.965. The van der Waals surface area contributed by atoms with Crippen LogP contribution in [0.4, 0.5) is 0 Å². The van der Waals surface area contributed by atoms with E-state index in [9.17, 15) is 0 Å². The van der Waals surface area contributed by atoms with Crippen molar-refractivity contribution >= 4 is 28.0 Å². The number of benzene rings is 3. The van der Waals surface area contributed by atoms with Gasteiger partial charge < -0.3 is 9.73 Å². The molecule has 4 nitrogen and oxygen atoms in total. The van der Waals surface area contributed by atoms with Gasteiger partial charge in [-0.2, -0.15) is 0 Å². The van der Waals surface area contributed by atoms with Crippen molar-refractivity contribution in [2.24, 2.45) is 17.8 Å². The number of hydrogen-bond acceptors (Lipinski definition) is 3. The van der Waals surface area contributed by atoms with Crippen LogP contribution in [0.5, 0.6) is 0 Å². The lowest BCUT2D eigenvalue weighted by Crippen LogP contribution is -3.06. The third kappa shape index (κ3) is 4.52. The van der Waals surface area contributed by atoms with Crippen molar-refractivity contribution in [2.45, 2.75) is 94.5 Å². The average molecular weight is 635 g/mol. The molecule has 4 aromatic rings. The zero-order valence-corrected chi connectivity index (χ0v) is 28.3. The molecule has 48 heavy (non-hydrogen) atoms. The van der Waals surface area contributed by atoms with E-state index in [-0.39, 0.29) is 11.6 Å². The number of fused-ring (bicyclic) bond motifs is 10. The normalized spacial score (nSPS) is 33.5. The second kappa shape index (κ2) is 11.2. The van der Waals surface area contributed by atoms with Gasteiger partial charge in [-0.15, -0.1) is 0 Å². The summed E-state index contributed by atoms with van der Waals surface area (Å²) in [6.45, 7) is 5.00. The minimum absolute atomic E-state index is 0.199. The standard InChI is InChI=1S/C44H47N3O/c1-44(2)35-14-8-6-12-32(35)33-22-19-30(25-36(33)44)43-46-41(27-10-4-3-5-11-27)45-42(47-43)29-18-21-31-28(24-29)17-16-26-20-23-38-40(39(26)31)34-13-7-9-15-37(34)48-38/h3-4,6-9,12-17,19-20,23-24,27-28,31,33,36,41-43,45-47H,5,10-11,18,21-22,25H2,1-2H3/p+1. The number of nitrogens with one attached hydrogen (secondary N) is 2. The first kappa shape index (κ1) is 29.2. The van der Waals surface area contributed by atoms with Crippen molar-refractivity contribution in [2.75, 3.05) is 0 Å². The molecule has 0 saturated carbocycles. The highest BCUT2D eigenvalue weighted by Gasteiger charge is 2.49. The summed E-state index contributed by atoms with van der Waals surface area (Å²) in [7, 11) is 0. The fourth-order valence-electron chi connectivity index (χ4n) is 10.9. The summed E-state index contributed by atoms with van der Waals surface area (Å²) < 4.78 is 6.34. The molecule has 4 N–H and O–H groups in total. The Bertz CT molecular complexity index is 2040. The number of quaternary nitrogens is 1. The lowest BCUT2D eigenvalue weighted by molar-refractivity contribution is -0.740. The highest BCUT2D eigenvalue weighted by molar-refractivity contribution is 6.08. The maximum absolute atomic E-state index is 6.34. The molecule has 5 aliphatic carbocycles. The molecule has 0 bridgehead atoms. The van der Waals surface area contributed by atoms with Gasteiger partial charge in [0.05, 0.1) is 6.17 Å². The van der Waals surface area contributed by atoms with E-state index >= 15 is 0 Å². The van der Waals surface area contributed by atoms with Gasteiger partial charge in [0.2, 0.25) is 0 Å². The molecule has 1 fully saturated rings. The summed E-state index contributed by atoms with van der Waals surface area (Å²) in [5, 5.41) is 13.6. The maximum Gasteiger partial charge on any atom is 0.164 e. The van der Waals surface area contributed by atoms with Gasteiger partial charge in [0.25, 0.3) is 0 Å². The molecule has 2 heterocycles. The first-order valence-electron chi connectivity index (χ1n) is 18.7. The number of allylic oxidation sites excluding steroid dienone is 5. The molecular weight excluding hydrogens is 587 g/mol. The van der Waals surface area contributed by atoms with Gasteiger partial charge >= 0.3 is 0 Å². The van der Waals surface area contributed by atoms with Gasteiger partial charge in [-0.1, -0.05) is 98.8 Å². The SMILES string of the molecule is CC1(C)c2ccccc2C2CC=C(C3NC(C4=CC5C=Cc6ccc7oc8ccccc8c7c6C5CC4)NC(C4CC=CCC4)[NH2+]3)CC21. The third-order valence-electron chi connectivity index (χ3n) is 13.4. The fourth-order valence-corrected chi connectivity index (χ4v) is 10.9. The van der Waals surface area contributed by atoms with Crippen molar-refractivity contribution < 1.29 is 9.73 Å². The molecule has 1 aromatic heterocycles. The molecule has 244 valence electrons. The van der Waals surface area contributed by atoms with Crippen LogP contribution >= 0.6 is 0 Å². The monoisotopic (exact) mass is 634 g/mol. The molecule has 0 amide bonds. The van der Waals surface area contributed by atoms with E-state index in [0.717, 1.165) is 30.4 Å². The van der Waals surface area contributed by atoms with Gasteiger partial charge in [0, 0.05) is 22.6 Å². The Hall–Kier alpha value is -3.70. The zero-order chi connectivity index (χ0) is 32.0. The van der Waals surface area contributed by atoms with Crippen LogP contribution in [0.3, 0.4) is 0 Å². The predicted molar refractivity (Wildman–Crippen MR) is 195 cm³/mol. The van der Waals surface area contributed by atoms with Crippen LogP contribution in [0.25, 0.3) is 28.0 Å². The van der Waals surface area contributed by atoms with Crippen LogP contribution in [0.15, 0.2) is 107 Å². The van der Waals surface area contributed by atoms with Crippen LogP contribution < -0.4 is 16.0 Å². The molecule has 10 rings (SSSR count). The minimum atomic E-state index is 0.199. The first-order chi connectivity index (χ1) is 23.5. The molecule has 8 unspecified atom stereocenters. The topological polar surface area (TPSA) is 53.8 Å². The van der Waals surface area contributed by atoms with E-state index in [4.69, 9.17) is 4.42 Å². The van der Waals surface area contributed by atoms with E-state index in [1.54, 1.807) is 22.3 Å². The van der Waals surface area contributed by atoms with E-state index in [0.29, 0.717) is 41.9 Å². The summed E-state index contributed by atoms with van der Waals surface area (Å²) in [6.07, 6.45) is 24.1. The minimum Gasteiger partial charge on any atom is -0.456 e. The highest BCUT2D eigenvalue weighted by atomic mass is 16.3. The quantitative estimate of drug-likeness (QED) is 0.198. The van der Waals surface area contributed by atoms with Crippen molar-refractivity contribution in [1.29, 1.82) is 0 Å². The second-order valence-corrected chi connectivity index (χ2v) is 16.1. The second-order valence-electron chi connectivity index (χ2n) is 16.1. The van der Waals surface area contributed by atoms with Crippen LogP contribution in [0, 0.1) is 17.8 Å². The van der Waals surface area contributed by atoms with Crippen molar-refractivity contribution in [3.63, 3.8) is 0 Å². The number of furan rings is 1. The summed E-state index contributed by atoms with van der Waals surface area (Å²) in [5.41, 5.74) is 11.4. The summed E-state index contributed by atoms with van der Waals surface area (Å²) >= 11 is 0. The van der Waals surface area contributed by atoms with E-state index in [1.807, 2.05) is 0 Å². The molecule has 1 saturated heterocycles. The first-order valence-corrected chi connectivity index (χ1v) is 18.7. The van der Waals surface area contributed by atoms with Crippen molar-refractivity contribution in [3.8, 4) is 0 Å². The lowest BCUT2D eigenvalue weighted by atomic mass is 9.69. The Morgan fingerprint density at radius 3 is 2.67 bits per heavy atom. The smallest absolute Gasteiger partial charge is 0.164 e. The van der Waals surface area contributed by atoms with Crippen LogP contribution in [0.1, 0.15) is 92.9 Å². The molecule has 4 heteroatoms. The van der Waals surface area contributed by atoms with Crippen molar-refractivity contribution in [3.05, 3.63) is 124 Å². The van der Waals surface area contributed by atoms with Gasteiger partial charge in [-0.05, 0) is 114 Å². The van der Waals surface area contributed by atoms with Crippen LogP contribution in [0.2, 0.25) is 0 Å². The number of hydrogen-bond donors (Lipinski definition) is 3. The maximum atomic E-state index is 6.34. The van der Waals surface area contributed by atoms with E-state index < -0.39 is 0 Å².